The largest absolute Gasteiger partial charge is 0.397 e. The van der Waals surface area contributed by atoms with Crippen LogP contribution in [-0.4, -0.2) is 28.6 Å². The molecule has 1 rings (SSSR count). The quantitative estimate of drug-likeness (QED) is 0.706. The Morgan fingerprint density at radius 3 is 2.84 bits per heavy atom. The van der Waals surface area contributed by atoms with E-state index in [-0.39, 0.29) is 23.7 Å². The van der Waals surface area contributed by atoms with Gasteiger partial charge in [-0.25, -0.2) is 0 Å². The van der Waals surface area contributed by atoms with E-state index >= 15 is 0 Å². The van der Waals surface area contributed by atoms with Gasteiger partial charge >= 0.3 is 0 Å². The van der Waals surface area contributed by atoms with E-state index in [0.29, 0.717) is 16.4 Å². The van der Waals surface area contributed by atoms with E-state index in [1.807, 2.05) is 13.8 Å². The molecule has 0 saturated carbocycles. The molecular weight excluding hydrogens is 284 g/mol. The van der Waals surface area contributed by atoms with Crippen LogP contribution in [0.2, 0.25) is 5.02 Å². The maximum absolute atomic E-state index is 12.0. The molecule has 2 unspecified atom stereocenters. The van der Waals surface area contributed by atoms with E-state index in [0.717, 1.165) is 5.75 Å². The van der Waals surface area contributed by atoms with Gasteiger partial charge in [0.1, 0.15) is 0 Å². The van der Waals surface area contributed by atoms with E-state index in [1.54, 1.807) is 18.2 Å². The molecule has 0 fully saturated rings. The molecule has 2 atom stereocenters. The molecule has 0 aromatic heterocycles. The number of carbonyl (C=O) groups excluding carboxylic acids is 1. The first kappa shape index (κ1) is 16.1. The first-order valence-corrected chi connectivity index (χ1v) is 7.45. The SMILES string of the molecule is CC(CO)CSC(C)C(=O)Nc1cc(Cl)ccc1N. The van der Waals surface area contributed by atoms with Gasteiger partial charge < -0.3 is 16.2 Å². The van der Waals surface area contributed by atoms with Crippen LogP contribution >= 0.6 is 23.4 Å². The standard InChI is InChI=1S/C13H19ClN2O2S/c1-8(6-17)7-19-9(2)13(18)16-12-5-10(14)3-4-11(12)15/h3-5,8-9,17H,6-7,15H2,1-2H3,(H,16,18). The molecule has 1 aromatic rings. The molecular formula is C13H19ClN2O2S. The predicted octanol–water partition coefficient (Wildman–Crippen LogP) is 2.61. The van der Waals surface area contributed by atoms with Crippen LogP contribution in [0.25, 0.3) is 0 Å². The Labute approximate surface area is 122 Å². The topological polar surface area (TPSA) is 75.3 Å². The highest BCUT2D eigenvalue weighted by atomic mass is 35.5. The molecule has 4 N–H and O–H groups in total. The zero-order valence-corrected chi connectivity index (χ0v) is 12.6. The van der Waals surface area contributed by atoms with E-state index < -0.39 is 0 Å². The summed E-state index contributed by atoms with van der Waals surface area (Å²) < 4.78 is 0. The van der Waals surface area contributed by atoms with Crippen molar-refractivity contribution < 1.29 is 9.90 Å². The smallest absolute Gasteiger partial charge is 0.237 e. The van der Waals surface area contributed by atoms with Gasteiger partial charge in [0, 0.05) is 11.6 Å². The summed E-state index contributed by atoms with van der Waals surface area (Å²) in [6, 6.07) is 4.96. The number of thioether (sulfide) groups is 1. The zero-order valence-electron chi connectivity index (χ0n) is 11.0. The zero-order chi connectivity index (χ0) is 14.4. The van der Waals surface area contributed by atoms with Gasteiger partial charge in [0.05, 0.1) is 16.6 Å². The van der Waals surface area contributed by atoms with Crippen LogP contribution in [-0.2, 0) is 4.79 Å². The van der Waals surface area contributed by atoms with Crippen molar-refractivity contribution in [1.29, 1.82) is 0 Å². The van der Waals surface area contributed by atoms with Crippen molar-refractivity contribution in [2.45, 2.75) is 19.1 Å². The number of carbonyl (C=O) groups is 1. The number of amides is 1. The van der Waals surface area contributed by atoms with E-state index in [1.165, 1.54) is 11.8 Å². The summed E-state index contributed by atoms with van der Waals surface area (Å²) in [6.45, 7) is 3.89. The first-order chi connectivity index (χ1) is 8.93. The van der Waals surface area contributed by atoms with Gasteiger partial charge in [-0.2, -0.15) is 0 Å². The fourth-order valence-corrected chi connectivity index (χ4v) is 2.41. The number of aliphatic hydroxyl groups is 1. The third-order valence-corrected chi connectivity index (χ3v) is 4.30. The molecule has 0 aliphatic carbocycles. The second-order valence-corrected chi connectivity index (χ2v) is 6.29. The Hall–Kier alpha value is -0.910. The molecule has 0 heterocycles. The molecule has 1 amide bonds. The molecule has 19 heavy (non-hydrogen) atoms. The van der Waals surface area contributed by atoms with Crippen LogP contribution in [0, 0.1) is 5.92 Å². The number of hydrogen-bond donors (Lipinski definition) is 3. The minimum absolute atomic E-state index is 0.121. The normalized spacial score (nSPS) is 13.9. The van der Waals surface area contributed by atoms with Gasteiger partial charge in [0.2, 0.25) is 5.91 Å². The van der Waals surface area contributed by atoms with Crippen molar-refractivity contribution in [3.05, 3.63) is 23.2 Å². The van der Waals surface area contributed by atoms with Crippen LogP contribution in [0.5, 0.6) is 0 Å². The lowest BCUT2D eigenvalue weighted by atomic mass is 10.2. The monoisotopic (exact) mass is 302 g/mol. The summed E-state index contributed by atoms with van der Waals surface area (Å²) in [7, 11) is 0. The molecule has 0 spiro atoms. The lowest BCUT2D eigenvalue weighted by Crippen LogP contribution is -2.24. The summed E-state index contributed by atoms with van der Waals surface area (Å²) in [5.41, 5.74) is 6.78. The molecule has 106 valence electrons. The first-order valence-electron chi connectivity index (χ1n) is 6.02. The van der Waals surface area contributed by atoms with Crippen LogP contribution in [0.4, 0.5) is 11.4 Å². The number of aliphatic hydroxyl groups excluding tert-OH is 1. The number of nitrogens with two attached hydrogens (primary N) is 1. The van der Waals surface area contributed by atoms with E-state index in [9.17, 15) is 4.79 Å². The number of benzene rings is 1. The Bertz CT molecular complexity index is 443. The number of nitrogens with one attached hydrogen (secondary N) is 1. The van der Waals surface area contributed by atoms with E-state index in [4.69, 9.17) is 22.4 Å². The van der Waals surface area contributed by atoms with Crippen molar-refractivity contribution >= 4 is 40.6 Å². The summed E-state index contributed by atoms with van der Waals surface area (Å²) in [4.78, 5) is 12.0. The van der Waals surface area contributed by atoms with Gasteiger partial charge in [-0.15, -0.1) is 11.8 Å². The molecule has 6 heteroatoms. The second-order valence-electron chi connectivity index (χ2n) is 4.48. The fourth-order valence-electron chi connectivity index (χ4n) is 1.31. The third-order valence-electron chi connectivity index (χ3n) is 2.58. The average molecular weight is 303 g/mol. The second kappa shape index (κ2) is 7.62. The summed E-state index contributed by atoms with van der Waals surface area (Å²) in [6.07, 6.45) is 0. The molecule has 0 aliphatic heterocycles. The van der Waals surface area contributed by atoms with Crippen molar-refractivity contribution in [2.75, 3.05) is 23.4 Å². The Balaban J connectivity index is 2.56. The van der Waals surface area contributed by atoms with Crippen LogP contribution in [0.1, 0.15) is 13.8 Å². The third kappa shape index (κ3) is 5.30. The highest BCUT2D eigenvalue weighted by molar-refractivity contribution is 8.00. The summed E-state index contributed by atoms with van der Waals surface area (Å²) >= 11 is 7.36. The highest BCUT2D eigenvalue weighted by Gasteiger charge is 2.16. The number of anilines is 2. The number of nitrogen functional groups attached to an aromatic ring is 1. The van der Waals surface area contributed by atoms with Crippen molar-refractivity contribution in [1.82, 2.24) is 0 Å². The van der Waals surface area contributed by atoms with Gasteiger partial charge in [-0.05, 0) is 36.8 Å². The van der Waals surface area contributed by atoms with Gasteiger partial charge in [0.15, 0.2) is 0 Å². The maximum Gasteiger partial charge on any atom is 0.237 e. The van der Waals surface area contributed by atoms with Crippen molar-refractivity contribution in [2.24, 2.45) is 5.92 Å². The van der Waals surface area contributed by atoms with Gasteiger partial charge in [0.25, 0.3) is 0 Å². The number of hydrogen-bond acceptors (Lipinski definition) is 4. The fraction of sp³-hybridized carbons (Fsp3) is 0.462. The van der Waals surface area contributed by atoms with E-state index in [2.05, 4.69) is 5.32 Å². The molecule has 0 saturated heterocycles. The van der Waals surface area contributed by atoms with Crippen LogP contribution in [0.3, 0.4) is 0 Å². The predicted molar refractivity (Wildman–Crippen MR) is 82.7 cm³/mol. The lowest BCUT2D eigenvalue weighted by molar-refractivity contribution is -0.115. The van der Waals surface area contributed by atoms with Crippen molar-refractivity contribution in [3.8, 4) is 0 Å². The highest BCUT2D eigenvalue weighted by Crippen LogP contribution is 2.24. The molecule has 0 aliphatic rings. The van der Waals surface area contributed by atoms with Gasteiger partial charge in [-0.1, -0.05) is 18.5 Å². The summed E-state index contributed by atoms with van der Waals surface area (Å²) in [5.74, 6) is 0.788. The maximum atomic E-state index is 12.0. The lowest BCUT2D eigenvalue weighted by Gasteiger charge is -2.15. The summed E-state index contributed by atoms with van der Waals surface area (Å²) in [5, 5.41) is 12.0. The molecule has 0 radical (unpaired) electrons. The van der Waals surface area contributed by atoms with Crippen LogP contribution in [0.15, 0.2) is 18.2 Å². The Kier molecular flexibility index (Phi) is 6.48. The minimum Gasteiger partial charge on any atom is -0.397 e. The van der Waals surface area contributed by atoms with Gasteiger partial charge in [-0.3, -0.25) is 4.79 Å². The average Bonchev–Trinajstić information content (AvgIpc) is 2.39. The van der Waals surface area contributed by atoms with Crippen molar-refractivity contribution in [3.63, 3.8) is 0 Å². The minimum atomic E-state index is -0.215. The number of halogens is 1. The molecule has 1 aromatic carbocycles. The Morgan fingerprint density at radius 2 is 2.21 bits per heavy atom. The molecule has 0 bridgehead atoms. The van der Waals surface area contributed by atoms with Crippen LogP contribution < -0.4 is 11.1 Å². The Morgan fingerprint density at radius 1 is 1.53 bits per heavy atom. The number of rotatable bonds is 6. The molecule has 4 nitrogen and oxygen atoms in total.